The van der Waals surface area contributed by atoms with Gasteiger partial charge in [0.05, 0.1) is 21.0 Å². The summed E-state index contributed by atoms with van der Waals surface area (Å²) >= 11 is 0. The average molecular weight is 416 g/mol. The number of nitrogen functional groups attached to an aromatic ring is 1. The molecule has 3 aromatic carbocycles. The number of nitrogens with one attached hydrogen (secondary N) is 1. The molecular weight excluding hydrogens is 400 g/mol. The molecule has 0 bridgehead atoms. The lowest BCUT2D eigenvalue weighted by Gasteiger charge is -2.07. The van der Waals surface area contributed by atoms with Crippen LogP contribution in [0.15, 0.2) is 93.4 Å². The highest BCUT2D eigenvalue weighted by atomic mass is 32.2. The number of hydrogen-bond acceptors (Lipinski definition) is 5. The second-order valence-electron chi connectivity index (χ2n) is 6.83. The number of fused-ring (bicyclic) bond motifs is 3. The maximum atomic E-state index is 12.8. The van der Waals surface area contributed by atoms with Crippen molar-refractivity contribution in [2.75, 3.05) is 5.73 Å². The van der Waals surface area contributed by atoms with E-state index < -0.39 is 9.84 Å². The molecule has 7 nitrogen and oxygen atoms in total. The number of nitrogens with two attached hydrogens (primary N) is 1. The van der Waals surface area contributed by atoms with E-state index in [-0.39, 0.29) is 21.2 Å². The first-order valence-electron chi connectivity index (χ1n) is 9.16. The fourth-order valence-corrected chi connectivity index (χ4v) is 4.81. The molecule has 0 saturated carbocycles. The first-order chi connectivity index (χ1) is 14.5. The van der Waals surface area contributed by atoms with Crippen LogP contribution in [0.3, 0.4) is 0 Å². The molecule has 0 aliphatic rings. The summed E-state index contributed by atoms with van der Waals surface area (Å²) in [4.78, 5) is 15.7. The summed E-state index contributed by atoms with van der Waals surface area (Å²) in [7, 11) is -3.62. The second-order valence-corrected chi connectivity index (χ2v) is 8.78. The Hall–Kier alpha value is -3.91. The van der Waals surface area contributed by atoms with Crippen molar-refractivity contribution in [3.8, 4) is 5.69 Å². The SMILES string of the molecule is Nc1c2c(=O)[nH]c3ccccc3c2nn1-c1ccc(S(=O)(=O)c2ccccc2)cc1. The molecule has 0 spiro atoms. The Morgan fingerprint density at radius 3 is 2.20 bits per heavy atom. The van der Waals surface area contributed by atoms with E-state index in [1.54, 1.807) is 48.5 Å². The third-order valence-corrected chi connectivity index (χ3v) is 6.81. The Kier molecular flexibility index (Phi) is 3.97. The van der Waals surface area contributed by atoms with Crippen LogP contribution in [0, 0.1) is 0 Å². The second kappa shape index (κ2) is 6.57. The van der Waals surface area contributed by atoms with Crippen molar-refractivity contribution in [1.82, 2.24) is 14.8 Å². The summed E-state index contributed by atoms with van der Waals surface area (Å²) in [5, 5.41) is 5.62. The van der Waals surface area contributed by atoms with Gasteiger partial charge >= 0.3 is 0 Å². The molecule has 0 atom stereocenters. The van der Waals surface area contributed by atoms with Gasteiger partial charge in [0.1, 0.15) is 16.7 Å². The van der Waals surface area contributed by atoms with Gasteiger partial charge in [0.15, 0.2) is 0 Å². The first kappa shape index (κ1) is 18.1. The van der Waals surface area contributed by atoms with E-state index >= 15 is 0 Å². The lowest BCUT2D eigenvalue weighted by atomic mass is 10.1. The van der Waals surface area contributed by atoms with Crippen LogP contribution in [0.1, 0.15) is 0 Å². The fraction of sp³-hybridized carbons (Fsp3) is 0. The molecule has 0 aliphatic heterocycles. The molecule has 148 valence electrons. The van der Waals surface area contributed by atoms with Gasteiger partial charge in [-0.2, -0.15) is 5.10 Å². The van der Waals surface area contributed by atoms with Gasteiger partial charge in [-0.1, -0.05) is 36.4 Å². The fourth-order valence-electron chi connectivity index (χ4n) is 3.53. The van der Waals surface area contributed by atoms with E-state index in [9.17, 15) is 13.2 Å². The zero-order valence-electron chi connectivity index (χ0n) is 15.6. The molecule has 2 heterocycles. The summed E-state index contributed by atoms with van der Waals surface area (Å²) in [5.74, 6) is 0.190. The number of nitrogens with zero attached hydrogens (tertiary/aromatic N) is 2. The molecule has 0 amide bonds. The number of para-hydroxylation sites is 1. The molecular formula is C22H16N4O3S. The van der Waals surface area contributed by atoms with E-state index in [1.807, 2.05) is 18.2 Å². The van der Waals surface area contributed by atoms with Crippen LogP contribution in [0.5, 0.6) is 0 Å². The van der Waals surface area contributed by atoms with Crippen LogP contribution < -0.4 is 11.3 Å². The summed E-state index contributed by atoms with van der Waals surface area (Å²) in [6.07, 6.45) is 0. The number of aromatic amines is 1. The van der Waals surface area contributed by atoms with Crippen LogP contribution in [-0.2, 0) is 9.84 Å². The van der Waals surface area contributed by atoms with Crippen LogP contribution in [0.2, 0.25) is 0 Å². The first-order valence-corrected chi connectivity index (χ1v) is 10.6. The van der Waals surface area contributed by atoms with Gasteiger partial charge in [-0.15, -0.1) is 0 Å². The zero-order chi connectivity index (χ0) is 20.9. The molecule has 0 fully saturated rings. The van der Waals surface area contributed by atoms with E-state index in [0.717, 1.165) is 5.39 Å². The van der Waals surface area contributed by atoms with Crippen molar-refractivity contribution in [2.24, 2.45) is 0 Å². The van der Waals surface area contributed by atoms with Crippen LogP contribution in [0.4, 0.5) is 5.82 Å². The number of anilines is 1. The summed E-state index contributed by atoms with van der Waals surface area (Å²) in [6, 6.07) is 21.8. The number of aromatic nitrogens is 3. The van der Waals surface area contributed by atoms with Crippen molar-refractivity contribution >= 4 is 37.5 Å². The molecule has 0 saturated heterocycles. The van der Waals surface area contributed by atoms with Crippen molar-refractivity contribution in [1.29, 1.82) is 0 Å². The summed E-state index contributed by atoms with van der Waals surface area (Å²) in [6.45, 7) is 0. The molecule has 0 radical (unpaired) electrons. The van der Waals surface area contributed by atoms with Gasteiger partial charge in [0, 0.05) is 5.39 Å². The number of benzene rings is 3. The van der Waals surface area contributed by atoms with Crippen molar-refractivity contribution < 1.29 is 8.42 Å². The number of rotatable bonds is 3. The minimum absolute atomic E-state index is 0.163. The molecule has 5 aromatic rings. The maximum Gasteiger partial charge on any atom is 0.261 e. The molecule has 8 heteroatoms. The molecule has 0 unspecified atom stereocenters. The van der Waals surface area contributed by atoms with Crippen LogP contribution in [-0.4, -0.2) is 23.2 Å². The molecule has 0 aliphatic carbocycles. The number of hydrogen-bond donors (Lipinski definition) is 2. The quantitative estimate of drug-likeness (QED) is 0.469. The third kappa shape index (κ3) is 2.69. The van der Waals surface area contributed by atoms with E-state index in [0.29, 0.717) is 22.1 Å². The third-order valence-electron chi connectivity index (χ3n) is 5.02. The van der Waals surface area contributed by atoms with E-state index in [4.69, 9.17) is 5.73 Å². The minimum Gasteiger partial charge on any atom is -0.383 e. The van der Waals surface area contributed by atoms with Crippen molar-refractivity contribution in [3.05, 3.63) is 89.2 Å². The van der Waals surface area contributed by atoms with Crippen LogP contribution in [0.25, 0.3) is 27.5 Å². The highest BCUT2D eigenvalue weighted by Crippen LogP contribution is 2.27. The summed E-state index contributed by atoms with van der Waals surface area (Å²) in [5.41, 5.74) is 7.64. The maximum absolute atomic E-state index is 12.8. The zero-order valence-corrected chi connectivity index (χ0v) is 16.4. The lowest BCUT2D eigenvalue weighted by molar-refractivity contribution is 0.596. The van der Waals surface area contributed by atoms with Gasteiger partial charge in [-0.25, -0.2) is 13.1 Å². The van der Waals surface area contributed by atoms with Crippen molar-refractivity contribution in [3.63, 3.8) is 0 Å². The van der Waals surface area contributed by atoms with Gasteiger partial charge in [-0.05, 0) is 42.5 Å². The molecule has 5 rings (SSSR count). The Morgan fingerprint density at radius 2 is 1.47 bits per heavy atom. The Bertz CT molecular complexity index is 1570. The van der Waals surface area contributed by atoms with E-state index in [2.05, 4.69) is 10.1 Å². The highest BCUT2D eigenvalue weighted by molar-refractivity contribution is 7.91. The lowest BCUT2D eigenvalue weighted by Crippen LogP contribution is -2.08. The van der Waals surface area contributed by atoms with E-state index in [1.165, 1.54) is 16.8 Å². The Morgan fingerprint density at radius 1 is 0.833 bits per heavy atom. The van der Waals surface area contributed by atoms with Gasteiger partial charge < -0.3 is 10.7 Å². The Balaban J connectivity index is 1.65. The largest absolute Gasteiger partial charge is 0.383 e. The predicted molar refractivity (Wildman–Crippen MR) is 116 cm³/mol. The van der Waals surface area contributed by atoms with Gasteiger partial charge in [-0.3, -0.25) is 4.79 Å². The van der Waals surface area contributed by atoms with Crippen molar-refractivity contribution in [2.45, 2.75) is 9.79 Å². The predicted octanol–water partition coefficient (Wildman–Crippen LogP) is 3.28. The topological polar surface area (TPSA) is 111 Å². The normalized spacial score (nSPS) is 11.9. The number of H-pyrrole nitrogens is 1. The highest BCUT2D eigenvalue weighted by Gasteiger charge is 2.19. The standard InChI is InChI=1S/C22H16N4O3S/c23-21-19-20(17-8-4-5-9-18(17)24-22(19)27)25-26(21)14-10-12-16(13-11-14)30(28,29)15-6-2-1-3-7-15/h1-13H,23H2,(H,24,27). The Labute approximate surface area is 171 Å². The number of sulfone groups is 1. The van der Waals surface area contributed by atoms with Gasteiger partial charge in [0.25, 0.3) is 5.56 Å². The summed E-state index contributed by atoms with van der Waals surface area (Å²) < 4.78 is 27.0. The molecule has 2 aromatic heterocycles. The average Bonchev–Trinajstić information content (AvgIpc) is 3.13. The minimum atomic E-state index is -3.62. The molecule has 3 N–H and O–H groups in total. The smallest absolute Gasteiger partial charge is 0.261 e. The monoisotopic (exact) mass is 416 g/mol. The molecule has 30 heavy (non-hydrogen) atoms. The van der Waals surface area contributed by atoms with Gasteiger partial charge in [0.2, 0.25) is 9.84 Å². The number of pyridine rings is 1. The van der Waals surface area contributed by atoms with Crippen LogP contribution >= 0.6 is 0 Å².